The first-order valence-electron chi connectivity index (χ1n) is 8.95. The number of alkyl halides is 3. The largest absolute Gasteiger partial charge is 0.419 e. The van der Waals surface area contributed by atoms with Crippen molar-refractivity contribution in [2.75, 3.05) is 13.2 Å². The monoisotopic (exact) mass is 458 g/mol. The second-order valence-electron chi connectivity index (χ2n) is 6.54. The number of nitrogens with two attached hydrogens (primary N) is 1. The molecule has 0 radical (unpaired) electrons. The molecule has 2 aromatic heterocycles. The molecule has 1 unspecified atom stereocenters. The van der Waals surface area contributed by atoms with Crippen LogP contribution in [0, 0.1) is 5.82 Å². The SMILES string of the molecule is NC[C@@H](NC(=O)c1ccc(-c2ccc(C(F)(F)F)c(F)c2)[nH]1)c1ncc(C(O)CO)s1. The molecule has 1 aromatic carbocycles. The van der Waals surface area contributed by atoms with Crippen molar-refractivity contribution in [1.29, 1.82) is 0 Å². The maximum absolute atomic E-state index is 13.8. The van der Waals surface area contributed by atoms with E-state index in [1.165, 1.54) is 18.3 Å². The molecule has 0 fully saturated rings. The number of aliphatic hydroxyl groups excluding tert-OH is 2. The highest BCUT2D eigenvalue weighted by atomic mass is 32.1. The fourth-order valence-electron chi connectivity index (χ4n) is 2.77. The van der Waals surface area contributed by atoms with E-state index in [-0.39, 0.29) is 23.5 Å². The lowest BCUT2D eigenvalue weighted by Crippen LogP contribution is -2.33. The van der Waals surface area contributed by atoms with Crippen LogP contribution in [0.4, 0.5) is 17.6 Å². The molecule has 12 heteroatoms. The van der Waals surface area contributed by atoms with Gasteiger partial charge in [-0.05, 0) is 24.3 Å². The summed E-state index contributed by atoms with van der Waals surface area (Å²) in [5.41, 5.74) is 4.81. The maximum Gasteiger partial charge on any atom is 0.419 e. The highest BCUT2D eigenvalue weighted by Gasteiger charge is 2.34. The molecule has 7 nitrogen and oxygen atoms in total. The second kappa shape index (κ2) is 9.14. The van der Waals surface area contributed by atoms with Gasteiger partial charge in [0.05, 0.1) is 23.1 Å². The van der Waals surface area contributed by atoms with Gasteiger partial charge in [-0.15, -0.1) is 11.3 Å². The minimum atomic E-state index is -4.80. The summed E-state index contributed by atoms with van der Waals surface area (Å²) in [5, 5.41) is 21.8. The molecular formula is C19H18F4N4O3S. The Morgan fingerprint density at radius 3 is 2.65 bits per heavy atom. The molecule has 3 rings (SSSR count). The van der Waals surface area contributed by atoms with E-state index in [2.05, 4.69) is 15.3 Å². The zero-order valence-corrected chi connectivity index (χ0v) is 16.6. The summed E-state index contributed by atoms with van der Waals surface area (Å²) < 4.78 is 52.0. The van der Waals surface area contributed by atoms with Gasteiger partial charge in [0.25, 0.3) is 5.91 Å². The number of nitrogens with zero attached hydrogens (tertiary/aromatic N) is 1. The van der Waals surface area contributed by atoms with Crippen LogP contribution in [-0.2, 0) is 6.18 Å². The first-order chi connectivity index (χ1) is 14.6. The minimum Gasteiger partial charge on any atom is -0.393 e. The average molecular weight is 458 g/mol. The normalized spacial score (nSPS) is 13.8. The molecule has 0 spiro atoms. The summed E-state index contributed by atoms with van der Waals surface area (Å²) in [5.74, 6) is -1.98. The Bertz CT molecular complexity index is 1070. The third kappa shape index (κ3) is 5.10. The van der Waals surface area contributed by atoms with Gasteiger partial charge in [0.2, 0.25) is 0 Å². The third-order valence-electron chi connectivity index (χ3n) is 4.40. The van der Waals surface area contributed by atoms with Gasteiger partial charge in [-0.1, -0.05) is 6.07 Å². The molecule has 2 heterocycles. The zero-order valence-electron chi connectivity index (χ0n) is 15.8. The summed E-state index contributed by atoms with van der Waals surface area (Å²) >= 11 is 1.08. The Hall–Kier alpha value is -2.80. The van der Waals surface area contributed by atoms with E-state index in [1.807, 2.05) is 0 Å². The summed E-state index contributed by atoms with van der Waals surface area (Å²) in [6, 6.07) is 4.64. The first kappa shape index (κ1) is 22.9. The van der Waals surface area contributed by atoms with Gasteiger partial charge in [0, 0.05) is 24.0 Å². The number of aliphatic hydroxyl groups is 2. The number of aromatic nitrogens is 2. The van der Waals surface area contributed by atoms with E-state index in [0.717, 1.165) is 23.5 Å². The molecule has 6 N–H and O–H groups in total. The van der Waals surface area contributed by atoms with Crippen molar-refractivity contribution in [2.24, 2.45) is 5.73 Å². The molecule has 31 heavy (non-hydrogen) atoms. The van der Waals surface area contributed by atoms with E-state index in [4.69, 9.17) is 10.8 Å². The lowest BCUT2D eigenvalue weighted by Gasteiger charge is -2.14. The molecule has 0 aliphatic rings. The number of aromatic amines is 1. The fraction of sp³-hybridized carbons (Fsp3) is 0.263. The Balaban J connectivity index is 1.75. The maximum atomic E-state index is 13.8. The fourth-order valence-corrected chi connectivity index (χ4v) is 3.73. The number of H-pyrrole nitrogens is 1. The zero-order chi connectivity index (χ0) is 22.8. The van der Waals surface area contributed by atoms with Gasteiger partial charge in [-0.3, -0.25) is 4.79 Å². The highest BCUT2D eigenvalue weighted by molar-refractivity contribution is 7.11. The van der Waals surface area contributed by atoms with Crippen LogP contribution in [-0.4, -0.2) is 39.2 Å². The summed E-state index contributed by atoms with van der Waals surface area (Å²) in [6.45, 7) is -0.470. The molecule has 1 amide bonds. The topological polar surface area (TPSA) is 124 Å². The van der Waals surface area contributed by atoms with Crippen molar-refractivity contribution < 1.29 is 32.6 Å². The standard InChI is InChI=1S/C19H18F4N4O3S/c20-11-5-9(1-2-10(11)19(21,22)23)12-3-4-13(26-12)17(30)27-14(6-24)18-25-7-16(31-18)15(29)8-28/h1-5,7,14-15,26,28-29H,6,8,24H2,(H,27,30)/t14-,15?/m1/s1. The van der Waals surface area contributed by atoms with Crippen LogP contribution in [0.2, 0.25) is 0 Å². The van der Waals surface area contributed by atoms with Crippen LogP contribution in [0.3, 0.4) is 0 Å². The molecule has 2 atom stereocenters. The van der Waals surface area contributed by atoms with E-state index < -0.39 is 42.2 Å². The summed E-state index contributed by atoms with van der Waals surface area (Å²) in [7, 11) is 0. The predicted octanol–water partition coefficient (Wildman–Crippen LogP) is 2.75. The van der Waals surface area contributed by atoms with E-state index in [9.17, 15) is 27.5 Å². The lowest BCUT2D eigenvalue weighted by molar-refractivity contribution is -0.139. The number of halogens is 4. The molecule has 0 bridgehead atoms. The predicted molar refractivity (Wildman–Crippen MR) is 105 cm³/mol. The van der Waals surface area contributed by atoms with Crippen molar-refractivity contribution in [3.05, 3.63) is 63.5 Å². The van der Waals surface area contributed by atoms with Gasteiger partial charge in [0.1, 0.15) is 22.6 Å². The van der Waals surface area contributed by atoms with E-state index in [1.54, 1.807) is 0 Å². The van der Waals surface area contributed by atoms with Gasteiger partial charge < -0.3 is 26.2 Å². The Kier molecular flexibility index (Phi) is 6.74. The minimum absolute atomic E-state index is 0.00555. The summed E-state index contributed by atoms with van der Waals surface area (Å²) in [6.07, 6.45) is -4.51. The number of hydrogen-bond donors (Lipinski definition) is 5. The van der Waals surface area contributed by atoms with Crippen molar-refractivity contribution in [2.45, 2.75) is 18.3 Å². The van der Waals surface area contributed by atoms with Crippen molar-refractivity contribution in [3.63, 3.8) is 0 Å². The number of thiazole rings is 1. The summed E-state index contributed by atoms with van der Waals surface area (Å²) in [4.78, 5) is 19.8. The van der Waals surface area contributed by atoms with Crippen LogP contribution < -0.4 is 11.1 Å². The molecule has 0 saturated carbocycles. The Morgan fingerprint density at radius 2 is 2.03 bits per heavy atom. The molecule has 0 aliphatic carbocycles. The quantitative estimate of drug-likeness (QED) is 0.348. The molecular weight excluding hydrogens is 440 g/mol. The Morgan fingerprint density at radius 1 is 1.29 bits per heavy atom. The number of benzene rings is 1. The van der Waals surface area contributed by atoms with Crippen LogP contribution >= 0.6 is 11.3 Å². The van der Waals surface area contributed by atoms with Gasteiger partial charge in [-0.25, -0.2) is 9.37 Å². The van der Waals surface area contributed by atoms with Crippen LogP contribution in [0.5, 0.6) is 0 Å². The van der Waals surface area contributed by atoms with Gasteiger partial charge in [-0.2, -0.15) is 13.2 Å². The van der Waals surface area contributed by atoms with Crippen LogP contribution in [0.15, 0.2) is 36.5 Å². The van der Waals surface area contributed by atoms with Crippen molar-refractivity contribution in [3.8, 4) is 11.3 Å². The van der Waals surface area contributed by atoms with Crippen LogP contribution in [0.1, 0.15) is 38.1 Å². The number of carbonyl (C=O) groups excluding carboxylic acids is 1. The number of hydrogen-bond acceptors (Lipinski definition) is 6. The Labute approximate surface area is 177 Å². The van der Waals surface area contributed by atoms with Crippen molar-refractivity contribution >= 4 is 17.2 Å². The number of nitrogens with one attached hydrogen (secondary N) is 2. The number of rotatable bonds is 7. The van der Waals surface area contributed by atoms with Gasteiger partial charge >= 0.3 is 6.18 Å². The first-order valence-corrected chi connectivity index (χ1v) is 9.77. The van der Waals surface area contributed by atoms with Crippen LogP contribution in [0.25, 0.3) is 11.3 Å². The van der Waals surface area contributed by atoms with Gasteiger partial charge in [0.15, 0.2) is 0 Å². The van der Waals surface area contributed by atoms with E-state index in [0.29, 0.717) is 16.0 Å². The smallest absolute Gasteiger partial charge is 0.393 e. The van der Waals surface area contributed by atoms with E-state index >= 15 is 0 Å². The molecule has 0 saturated heterocycles. The molecule has 166 valence electrons. The number of carbonyl (C=O) groups is 1. The molecule has 0 aliphatic heterocycles. The molecule has 3 aromatic rings. The highest BCUT2D eigenvalue weighted by Crippen LogP contribution is 2.33. The lowest BCUT2D eigenvalue weighted by atomic mass is 10.1. The second-order valence-corrected chi connectivity index (χ2v) is 7.63. The third-order valence-corrected chi connectivity index (χ3v) is 5.61. The average Bonchev–Trinajstić information content (AvgIpc) is 3.40. The number of amides is 1. The van der Waals surface area contributed by atoms with Crippen molar-refractivity contribution in [1.82, 2.24) is 15.3 Å².